The Labute approximate surface area is 254 Å². The lowest BCUT2D eigenvalue weighted by atomic mass is 9.90. The number of nitrogens with zero attached hydrogens (tertiary/aromatic N) is 1. The molecule has 0 bridgehead atoms. The number of fused-ring (bicyclic) bond motifs is 10. The third-order valence-electron chi connectivity index (χ3n) is 9.26. The molecule has 2 heteroatoms. The van der Waals surface area contributed by atoms with E-state index < -0.39 is 0 Å². The molecule has 0 radical (unpaired) electrons. The van der Waals surface area contributed by atoms with Gasteiger partial charge in [-0.15, -0.1) is 0 Å². The van der Waals surface area contributed by atoms with E-state index in [2.05, 4.69) is 150 Å². The van der Waals surface area contributed by atoms with Crippen LogP contribution in [0.4, 0.5) is 0 Å². The average Bonchev–Trinajstić information content (AvgIpc) is 3.63. The van der Waals surface area contributed by atoms with E-state index in [-0.39, 0.29) is 0 Å². The van der Waals surface area contributed by atoms with Crippen LogP contribution < -0.4 is 0 Å². The number of aromatic amines is 1. The smallest absolute Gasteiger partial charge is 0.0553 e. The Morgan fingerprint density at radius 1 is 0.477 bits per heavy atom. The number of para-hydroxylation sites is 2. The van der Waals surface area contributed by atoms with Crippen LogP contribution in [0.5, 0.6) is 0 Å². The van der Waals surface area contributed by atoms with Crippen LogP contribution in [-0.2, 0) is 0 Å². The maximum Gasteiger partial charge on any atom is 0.0553 e. The number of nitrogens with one attached hydrogen (secondary N) is 1. The fourth-order valence-corrected chi connectivity index (χ4v) is 7.42. The summed E-state index contributed by atoms with van der Waals surface area (Å²) in [6, 6.07) is 46.2. The minimum Gasteiger partial charge on any atom is -0.354 e. The van der Waals surface area contributed by atoms with Gasteiger partial charge in [-0.1, -0.05) is 122 Å². The maximum absolute atomic E-state index is 4.20. The van der Waals surface area contributed by atoms with Crippen molar-refractivity contribution in [1.82, 2.24) is 9.55 Å². The lowest BCUT2D eigenvalue weighted by Crippen LogP contribution is -1.99. The van der Waals surface area contributed by atoms with Gasteiger partial charge in [0, 0.05) is 38.1 Å². The van der Waals surface area contributed by atoms with Crippen molar-refractivity contribution in [3.63, 3.8) is 0 Å². The molecule has 2 nitrogen and oxygen atoms in total. The van der Waals surface area contributed by atoms with E-state index >= 15 is 0 Å². The van der Waals surface area contributed by atoms with Crippen molar-refractivity contribution < 1.29 is 0 Å². The molecular weight excluding hydrogens is 532 g/mol. The molecule has 0 fully saturated rings. The molecule has 7 aromatic carbocycles. The molecule has 0 spiro atoms. The molecule has 0 atom stereocenters. The van der Waals surface area contributed by atoms with Crippen molar-refractivity contribution in [3.8, 4) is 16.8 Å². The first-order chi connectivity index (χ1) is 21.8. The summed E-state index contributed by atoms with van der Waals surface area (Å²) in [5, 5.41) is 10.0. The molecule has 44 heavy (non-hydrogen) atoms. The van der Waals surface area contributed by atoms with Crippen molar-refractivity contribution in [2.45, 2.75) is 0 Å². The van der Waals surface area contributed by atoms with E-state index in [1.165, 1.54) is 65.3 Å². The molecule has 0 saturated carbocycles. The van der Waals surface area contributed by atoms with E-state index in [4.69, 9.17) is 0 Å². The fourth-order valence-electron chi connectivity index (χ4n) is 7.42. The Balaban J connectivity index is 1.49. The van der Waals surface area contributed by atoms with Gasteiger partial charge in [0.15, 0.2) is 0 Å². The summed E-state index contributed by atoms with van der Waals surface area (Å²) >= 11 is 0. The Hall–Kier alpha value is -5.86. The molecule has 0 saturated heterocycles. The SMILES string of the molecule is C=Cc1cccc(-n2c3ccccc3c3c4ccccc4c(-c4cc5[nH]c6ccccc6c5c5ccccc45)cc32)c1C=C. The highest BCUT2D eigenvalue weighted by molar-refractivity contribution is 6.28. The zero-order chi connectivity index (χ0) is 29.4. The standard InChI is InChI=1S/C42H28N2/c1-3-26-14-13-23-38(27(26)4-2)44-39-22-12-10-20-33(39)42-31-18-8-6-16-29(31)35(25-40(42)44)34-24-37-41(30-17-7-5-15-28(30)34)32-19-9-11-21-36(32)43-37/h3-25,43H,1-2H2. The van der Waals surface area contributed by atoms with Crippen molar-refractivity contribution in [1.29, 1.82) is 0 Å². The monoisotopic (exact) mass is 560 g/mol. The molecule has 1 N–H and O–H groups in total. The largest absolute Gasteiger partial charge is 0.354 e. The van der Waals surface area contributed by atoms with Gasteiger partial charge in [-0.05, 0) is 68.6 Å². The molecule has 2 aromatic heterocycles. The van der Waals surface area contributed by atoms with Crippen LogP contribution in [0.1, 0.15) is 11.1 Å². The first-order valence-electron chi connectivity index (χ1n) is 15.0. The summed E-state index contributed by atoms with van der Waals surface area (Å²) in [4.78, 5) is 3.73. The second-order valence-electron chi connectivity index (χ2n) is 11.5. The molecule has 0 unspecified atom stereocenters. The van der Waals surface area contributed by atoms with Crippen LogP contribution in [0.25, 0.3) is 94.1 Å². The van der Waals surface area contributed by atoms with Crippen LogP contribution in [0.2, 0.25) is 0 Å². The highest BCUT2D eigenvalue weighted by Gasteiger charge is 2.21. The summed E-state index contributed by atoms with van der Waals surface area (Å²) in [7, 11) is 0. The number of rotatable bonds is 4. The zero-order valence-corrected chi connectivity index (χ0v) is 24.1. The van der Waals surface area contributed by atoms with Gasteiger partial charge >= 0.3 is 0 Å². The predicted octanol–water partition coefficient (Wildman–Crippen LogP) is 11.7. The van der Waals surface area contributed by atoms with Gasteiger partial charge in [0.05, 0.1) is 16.7 Å². The minimum absolute atomic E-state index is 1.07. The molecule has 206 valence electrons. The summed E-state index contributed by atoms with van der Waals surface area (Å²) in [5.41, 5.74) is 10.3. The van der Waals surface area contributed by atoms with Gasteiger partial charge in [-0.2, -0.15) is 0 Å². The van der Waals surface area contributed by atoms with Gasteiger partial charge in [0.25, 0.3) is 0 Å². The molecule has 0 aliphatic carbocycles. The van der Waals surface area contributed by atoms with Crippen molar-refractivity contribution >= 4 is 77.3 Å². The zero-order valence-electron chi connectivity index (χ0n) is 24.1. The molecule has 0 aliphatic rings. The first-order valence-corrected chi connectivity index (χ1v) is 15.0. The number of benzene rings is 7. The van der Waals surface area contributed by atoms with Gasteiger partial charge in [0.1, 0.15) is 0 Å². The molecule has 0 aliphatic heterocycles. The summed E-state index contributed by atoms with van der Waals surface area (Å²) < 4.78 is 2.41. The van der Waals surface area contributed by atoms with Crippen LogP contribution in [0, 0.1) is 0 Å². The lowest BCUT2D eigenvalue weighted by molar-refractivity contribution is 1.17. The van der Waals surface area contributed by atoms with Crippen molar-refractivity contribution in [3.05, 3.63) is 152 Å². The maximum atomic E-state index is 4.20. The highest BCUT2D eigenvalue weighted by atomic mass is 15.0. The first kappa shape index (κ1) is 24.7. The topological polar surface area (TPSA) is 20.7 Å². The van der Waals surface area contributed by atoms with Gasteiger partial charge < -0.3 is 9.55 Å². The van der Waals surface area contributed by atoms with Gasteiger partial charge in [-0.25, -0.2) is 0 Å². The quantitative estimate of drug-likeness (QED) is 0.221. The second-order valence-corrected chi connectivity index (χ2v) is 11.5. The number of H-pyrrole nitrogens is 1. The number of hydrogen-bond acceptors (Lipinski definition) is 0. The van der Waals surface area contributed by atoms with Gasteiger partial charge in [0.2, 0.25) is 0 Å². The summed E-state index contributed by atoms with van der Waals surface area (Å²) in [6.07, 6.45) is 3.86. The number of aromatic nitrogens is 2. The molecular formula is C42H28N2. The van der Waals surface area contributed by atoms with E-state index in [9.17, 15) is 0 Å². The normalized spacial score (nSPS) is 11.8. The molecule has 9 rings (SSSR count). The summed E-state index contributed by atoms with van der Waals surface area (Å²) in [6.45, 7) is 8.29. The van der Waals surface area contributed by atoms with Crippen LogP contribution >= 0.6 is 0 Å². The Morgan fingerprint density at radius 3 is 1.82 bits per heavy atom. The lowest BCUT2D eigenvalue weighted by Gasteiger charge is -2.16. The third-order valence-corrected chi connectivity index (χ3v) is 9.26. The molecule has 2 heterocycles. The Morgan fingerprint density at radius 2 is 1.09 bits per heavy atom. The number of hydrogen-bond donors (Lipinski definition) is 1. The van der Waals surface area contributed by atoms with Crippen LogP contribution in [0.3, 0.4) is 0 Å². The molecule has 9 aromatic rings. The second kappa shape index (κ2) is 9.32. The predicted molar refractivity (Wildman–Crippen MR) is 191 cm³/mol. The van der Waals surface area contributed by atoms with E-state index in [0.717, 1.165) is 27.8 Å². The molecule has 0 amide bonds. The fraction of sp³-hybridized carbons (Fsp3) is 0. The van der Waals surface area contributed by atoms with E-state index in [1.807, 2.05) is 12.2 Å². The van der Waals surface area contributed by atoms with Crippen molar-refractivity contribution in [2.24, 2.45) is 0 Å². The Bertz CT molecular complexity index is 2640. The van der Waals surface area contributed by atoms with Gasteiger partial charge in [-0.3, -0.25) is 0 Å². The average molecular weight is 561 g/mol. The van der Waals surface area contributed by atoms with E-state index in [0.29, 0.717) is 0 Å². The Kier molecular flexibility index (Phi) is 5.24. The third kappa shape index (κ3) is 3.31. The highest BCUT2D eigenvalue weighted by Crippen LogP contribution is 2.45. The van der Waals surface area contributed by atoms with Crippen LogP contribution in [-0.4, -0.2) is 9.55 Å². The summed E-state index contributed by atoms with van der Waals surface area (Å²) in [5.74, 6) is 0. The van der Waals surface area contributed by atoms with Crippen molar-refractivity contribution in [2.75, 3.05) is 0 Å². The van der Waals surface area contributed by atoms with E-state index in [1.54, 1.807) is 0 Å². The minimum atomic E-state index is 1.07. The van der Waals surface area contributed by atoms with Crippen LogP contribution in [0.15, 0.2) is 141 Å².